The first kappa shape index (κ1) is 18.8. The minimum Gasteiger partial charge on any atom is -0.335 e. The smallest absolute Gasteiger partial charge is 0.267 e. The van der Waals surface area contributed by atoms with Crippen molar-refractivity contribution >= 4 is 39.6 Å². The number of nitrogens with zero attached hydrogens (tertiary/aromatic N) is 2. The van der Waals surface area contributed by atoms with Gasteiger partial charge in [-0.05, 0) is 42.3 Å². The lowest BCUT2D eigenvalue weighted by molar-refractivity contribution is -0.131. The molecule has 144 valence electrons. The van der Waals surface area contributed by atoms with Crippen LogP contribution in [0.2, 0.25) is 0 Å². The Morgan fingerprint density at radius 3 is 2.86 bits per heavy atom. The monoisotopic (exact) mass is 411 g/mol. The number of amides is 2. The van der Waals surface area contributed by atoms with E-state index in [0.717, 1.165) is 19.4 Å². The third-order valence-electron chi connectivity index (χ3n) is 4.97. The molecule has 1 atom stereocenters. The van der Waals surface area contributed by atoms with Crippen molar-refractivity contribution in [3.8, 4) is 0 Å². The lowest BCUT2D eigenvalue weighted by Gasteiger charge is -2.26. The highest BCUT2D eigenvalue weighted by molar-refractivity contribution is 7.14. The number of benzene rings is 1. The summed E-state index contributed by atoms with van der Waals surface area (Å²) in [5.41, 5.74) is 3.15. The summed E-state index contributed by atoms with van der Waals surface area (Å²) in [5.74, 6) is -0.0754. The highest BCUT2D eigenvalue weighted by Crippen LogP contribution is 2.34. The van der Waals surface area contributed by atoms with Crippen LogP contribution in [0.5, 0.6) is 0 Å². The lowest BCUT2D eigenvalue weighted by atomic mass is 9.99. The number of thiophene rings is 1. The molecule has 3 heterocycles. The summed E-state index contributed by atoms with van der Waals surface area (Å²) in [6.07, 6.45) is 2.27. The fourth-order valence-electron chi connectivity index (χ4n) is 3.62. The Morgan fingerprint density at radius 2 is 2.07 bits per heavy atom. The summed E-state index contributed by atoms with van der Waals surface area (Å²) < 4.78 is 0. The van der Waals surface area contributed by atoms with E-state index in [2.05, 4.69) is 29.4 Å². The van der Waals surface area contributed by atoms with E-state index in [1.54, 1.807) is 6.07 Å². The van der Waals surface area contributed by atoms with Gasteiger partial charge in [-0.2, -0.15) is 0 Å². The van der Waals surface area contributed by atoms with Crippen molar-refractivity contribution < 1.29 is 9.59 Å². The highest BCUT2D eigenvalue weighted by atomic mass is 32.1. The molecule has 2 amide bonds. The van der Waals surface area contributed by atoms with Gasteiger partial charge in [0.05, 0.1) is 23.0 Å². The molecule has 0 spiro atoms. The van der Waals surface area contributed by atoms with Crippen LogP contribution in [-0.4, -0.2) is 28.2 Å². The molecule has 4 rings (SSSR count). The van der Waals surface area contributed by atoms with Gasteiger partial charge in [-0.3, -0.25) is 14.9 Å². The number of rotatable bonds is 5. The Labute approximate surface area is 172 Å². The Hall–Kier alpha value is -2.51. The second-order valence-corrected chi connectivity index (χ2v) is 8.66. The van der Waals surface area contributed by atoms with Gasteiger partial charge in [0.15, 0.2) is 5.13 Å². The highest BCUT2D eigenvalue weighted by Gasteiger charge is 2.30. The summed E-state index contributed by atoms with van der Waals surface area (Å²) in [7, 11) is 0. The van der Waals surface area contributed by atoms with Crippen LogP contribution in [-0.2, 0) is 11.2 Å². The molecular weight excluding hydrogens is 390 g/mol. The standard InChI is InChI=1S/C21H21N3O2S2/c1-14-6-2-3-7-16(14)17-8-4-10-24(17)19(25)12-15-13-28-21(22-15)23-20(26)18-9-5-11-27-18/h2-3,5-7,9,11,13,17H,4,8,10,12H2,1H3,(H,22,23,26). The number of aromatic nitrogens is 1. The van der Waals surface area contributed by atoms with Crippen molar-refractivity contribution in [3.63, 3.8) is 0 Å². The molecule has 1 saturated heterocycles. The maximum Gasteiger partial charge on any atom is 0.267 e. The molecule has 3 aromatic rings. The van der Waals surface area contributed by atoms with E-state index < -0.39 is 0 Å². The average Bonchev–Trinajstić information content (AvgIpc) is 3.44. The normalized spacial score (nSPS) is 16.3. The molecule has 1 aromatic carbocycles. The molecule has 0 bridgehead atoms. The zero-order valence-electron chi connectivity index (χ0n) is 15.6. The summed E-state index contributed by atoms with van der Waals surface area (Å²) in [6, 6.07) is 12.0. The first-order chi connectivity index (χ1) is 13.6. The Bertz CT molecular complexity index is 981. The van der Waals surface area contributed by atoms with Crippen LogP contribution >= 0.6 is 22.7 Å². The van der Waals surface area contributed by atoms with Crippen molar-refractivity contribution in [2.75, 3.05) is 11.9 Å². The number of aryl methyl sites for hydroxylation is 1. The molecule has 1 aliphatic rings. The van der Waals surface area contributed by atoms with Gasteiger partial charge in [0.2, 0.25) is 5.91 Å². The molecule has 5 nitrogen and oxygen atoms in total. The molecule has 1 N–H and O–H groups in total. The van der Waals surface area contributed by atoms with Crippen molar-refractivity contribution in [3.05, 3.63) is 68.9 Å². The minimum absolute atomic E-state index is 0.0900. The third-order valence-corrected chi connectivity index (χ3v) is 6.65. The van der Waals surface area contributed by atoms with E-state index in [4.69, 9.17) is 0 Å². The lowest BCUT2D eigenvalue weighted by Crippen LogP contribution is -2.32. The zero-order valence-corrected chi connectivity index (χ0v) is 17.2. The van der Waals surface area contributed by atoms with Crippen molar-refractivity contribution in [1.29, 1.82) is 0 Å². The van der Waals surface area contributed by atoms with E-state index in [9.17, 15) is 9.59 Å². The average molecular weight is 412 g/mol. The Morgan fingerprint density at radius 1 is 1.21 bits per heavy atom. The van der Waals surface area contributed by atoms with Gasteiger partial charge >= 0.3 is 0 Å². The van der Waals surface area contributed by atoms with Gasteiger partial charge in [0.25, 0.3) is 5.91 Å². The largest absolute Gasteiger partial charge is 0.335 e. The van der Waals surface area contributed by atoms with Gasteiger partial charge in [0, 0.05) is 11.9 Å². The fourth-order valence-corrected chi connectivity index (χ4v) is 4.94. The molecule has 2 aromatic heterocycles. The van der Waals surface area contributed by atoms with Crippen LogP contribution in [0.3, 0.4) is 0 Å². The molecule has 7 heteroatoms. The van der Waals surface area contributed by atoms with Crippen molar-refractivity contribution in [2.45, 2.75) is 32.2 Å². The predicted octanol–water partition coefficient (Wildman–Crippen LogP) is 4.67. The summed E-state index contributed by atoms with van der Waals surface area (Å²) >= 11 is 2.74. The molecule has 1 unspecified atom stereocenters. The van der Waals surface area contributed by atoms with Crippen LogP contribution in [0.4, 0.5) is 5.13 Å². The van der Waals surface area contributed by atoms with Gasteiger partial charge < -0.3 is 4.90 Å². The van der Waals surface area contributed by atoms with Gasteiger partial charge in [-0.15, -0.1) is 22.7 Å². The molecule has 0 saturated carbocycles. The maximum atomic E-state index is 12.9. The van der Waals surface area contributed by atoms with E-state index in [1.165, 1.54) is 33.8 Å². The zero-order chi connectivity index (χ0) is 19.5. The van der Waals surface area contributed by atoms with Crippen LogP contribution in [0.15, 0.2) is 47.2 Å². The first-order valence-electron chi connectivity index (χ1n) is 9.26. The first-order valence-corrected chi connectivity index (χ1v) is 11.0. The van der Waals surface area contributed by atoms with Crippen molar-refractivity contribution in [2.24, 2.45) is 0 Å². The number of hydrogen-bond donors (Lipinski definition) is 1. The molecule has 1 fully saturated rings. The molecule has 28 heavy (non-hydrogen) atoms. The number of anilines is 1. The fraction of sp³-hybridized carbons (Fsp3) is 0.286. The second kappa shape index (κ2) is 8.24. The molecule has 1 aliphatic heterocycles. The minimum atomic E-state index is -0.165. The van der Waals surface area contributed by atoms with Gasteiger partial charge in [-0.1, -0.05) is 30.3 Å². The number of carbonyl (C=O) groups is 2. The Balaban J connectivity index is 1.42. The van der Waals surface area contributed by atoms with E-state index in [0.29, 0.717) is 15.7 Å². The topological polar surface area (TPSA) is 62.3 Å². The van der Waals surface area contributed by atoms with Crippen LogP contribution < -0.4 is 5.32 Å². The van der Waals surface area contributed by atoms with Crippen molar-refractivity contribution in [1.82, 2.24) is 9.88 Å². The van der Waals surface area contributed by atoms with E-state index in [1.807, 2.05) is 33.9 Å². The van der Waals surface area contributed by atoms with Gasteiger partial charge in [0.1, 0.15) is 0 Å². The molecular formula is C21H21N3O2S2. The number of nitrogens with one attached hydrogen (secondary N) is 1. The summed E-state index contributed by atoms with van der Waals surface area (Å²) in [4.78, 5) is 32.1. The summed E-state index contributed by atoms with van der Waals surface area (Å²) in [6.45, 7) is 2.88. The number of thiazole rings is 1. The quantitative estimate of drug-likeness (QED) is 0.663. The van der Waals surface area contributed by atoms with Crippen LogP contribution in [0, 0.1) is 6.92 Å². The predicted molar refractivity (Wildman–Crippen MR) is 113 cm³/mol. The maximum absolute atomic E-state index is 12.9. The Kier molecular flexibility index (Phi) is 5.54. The van der Waals surface area contributed by atoms with E-state index in [-0.39, 0.29) is 24.3 Å². The van der Waals surface area contributed by atoms with Gasteiger partial charge in [-0.25, -0.2) is 4.98 Å². The SMILES string of the molecule is Cc1ccccc1C1CCCN1C(=O)Cc1csc(NC(=O)c2cccs2)n1. The van der Waals surface area contributed by atoms with E-state index >= 15 is 0 Å². The number of hydrogen-bond acceptors (Lipinski definition) is 5. The number of carbonyl (C=O) groups excluding carboxylic acids is 2. The second-order valence-electron chi connectivity index (χ2n) is 6.85. The third kappa shape index (κ3) is 4.00. The number of likely N-dealkylation sites (tertiary alicyclic amines) is 1. The summed E-state index contributed by atoms with van der Waals surface area (Å²) in [5, 5.41) is 7.04. The van der Waals surface area contributed by atoms with Crippen LogP contribution in [0.1, 0.15) is 45.4 Å². The van der Waals surface area contributed by atoms with Crippen LogP contribution in [0.25, 0.3) is 0 Å². The molecule has 0 radical (unpaired) electrons. The molecule has 0 aliphatic carbocycles.